The Morgan fingerprint density at radius 1 is 0.893 bits per heavy atom. The van der Waals surface area contributed by atoms with Crippen molar-refractivity contribution in [2.75, 3.05) is 12.4 Å². The van der Waals surface area contributed by atoms with Gasteiger partial charge in [-0.2, -0.15) is 0 Å². The van der Waals surface area contributed by atoms with E-state index in [4.69, 9.17) is 4.42 Å². The molecule has 7 heteroatoms. The van der Waals surface area contributed by atoms with E-state index in [2.05, 4.69) is 15.4 Å². The second kappa shape index (κ2) is 8.68. The summed E-state index contributed by atoms with van der Waals surface area (Å²) in [6.45, 7) is 0.259. The Kier molecular flexibility index (Phi) is 5.86. The summed E-state index contributed by atoms with van der Waals surface area (Å²) in [5.74, 6) is -0.497. The molecule has 0 bridgehead atoms. The Morgan fingerprint density at radius 2 is 1.61 bits per heavy atom. The number of hydrogen-bond donors (Lipinski definition) is 2. The standard InChI is InChI=1S/C21H18N2O5/c1-27-21(26)14-7-9-17(10-8-14)23-20(25)16-5-2-4-15(12-16)19(24)22-13-18-6-3-11-28-18/h2-12H,13H2,1H3,(H,22,24)(H,23,25). The van der Waals surface area contributed by atoms with Crippen molar-refractivity contribution >= 4 is 23.5 Å². The van der Waals surface area contributed by atoms with Crippen molar-refractivity contribution in [2.24, 2.45) is 0 Å². The first-order chi connectivity index (χ1) is 13.6. The maximum Gasteiger partial charge on any atom is 0.337 e. The third-order valence-corrected chi connectivity index (χ3v) is 3.95. The fourth-order valence-electron chi connectivity index (χ4n) is 2.50. The summed E-state index contributed by atoms with van der Waals surface area (Å²) in [6.07, 6.45) is 1.53. The predicted octanol–water partition coefficient (Wildman–Crippen LogP) is 3.25. The molecule has 0 saturated carbocycles. The summed E-state index contributed by atoms with van der Waals surface area (Å²) in [5.41, 5.74) is 1.60. The van der Waals surface area contributed by atoms with Gasteiger partial charge in [0.25, 0.3) is 11.8 Å². The average Bonchev–Trinajstić information content (AvgIpc) is 3.25. The van der Waals surface area contributed by atoms with E-state index in [1.165, 1.54) is 19.4 Å². The normalized spacial score (nSPS) is 10.2. The van der Waals surface area contributed by atoms with Crippen molar-refractivity contribution in [3.8, 4) is 0 Å². The minimum Gasteiger partial charge on any atom is -0.467 e. The third kappa shape index (κ3) is 4.64. The van der Waals surface area contributed by atoms with Crippen molar-refractivity contribution in [1.29, 1.82) is 0 Å². The number of furan rings is 1. The summed E-state index contributed by atoms with van der Waals surface area (Å²) in [5, 5.41) is 5.46. The van der Waals surface area contributed by atoms with Gasteiger partial charge in [-0.05, 0) is 54.6 Å². The zero-order chi connectivity index (χ0) is 19.9. The van der Waals surface area contributed by atoms with Gasteiger partial charge in [0.05, 0.1) is 25.5 Å². The van der Waals surface area contributed by atoms with Crippen LogP contribution in [0.1, 0.15) is 36.8 Å². The molecule has 1 heterocycles. The van der Waals surface area contributed by atoms with Gasteiger partial charge in [0.15, 0.2) is 0 Å². The molecule has 0 aliphatic rings. The summed E-state index contributed by atoms with van der Waals surface area (Å²) in [6, 6.07) is 16.2. The van der Waals surface area contributed by atoms with Crippen LogP contribution in [0, 0.1) is 0 Å². The highest BCUT2D eigenvalue weighted by molar-refractivity contribution is 6.06. The molecule has 1 aromatic heterocycles. The molecule has 0 atom stereocenters. The first kappa shape index (κ1) is 18.9. The van der Waals surface area contributed by atoms with Gasteiger partial charge in [0, 0.05) is 16.8 Å². The zero-order valence-corrected chi connectivity index (χ0v) is 15.1. The third-order valence-electron chi connectivity index (χ3n) is 3.95. The molecule has 0 fully saturated rings. The van der Waals surface area contributed by atoms with Crippen LogP contribution < -0.4 is 10.6 Å². The number of anilines is 1. The average molecular weight is 378 g/mol. The van der Waals surface area contributed by atoms with Gasteiger partial charge in [0.2, 0.25) is 0 Å². The summed E-state index contributed by atoms with van der Waals surface area (Å²) >= 11 is 0. The zero-order valence-electron chi connectivity index (χ0n) is 15.1. The van der Waals surface area contributed by atoms with Crippen molar-refractivity contribution in [3.63, 3.8) is 0 Å². The van der Waals surface area contributed by atoms with Crippen LogP contribution in [0.15, 0.2) is 71.3 Å². The smallest absolute Gasteiger partial charge is 0.337 e. The van der Waals surface area contributed by atoms with Crippen molar-refractivity contribution < 1.29 is 23.5 Å². The largest absolute Gasteiger partial charge is 0.467 e. The van der Waals surface area contributed by atoms with Crippen molar-refractivity contribution in [1.82, 2.24) is 5.32 Å². The van der Waals surface area contributed by atoms with Crippen LogP contribution in [0.5, 0.6) is 0 Å². The number of carbonyl (C=O) groups excluding carboxylic acids is 3. The molecule has 2 N–H and O–H groups in total. The Balaban J connectivity index is 1.64. The maximum absolute atomic E-state index is 12.5. The molecule has 0 radical (unpaired) electrons. The highest BCUT2D eigenvalue weighted by Gasteiger charge is 2.12. The van der Waals surface area contributed by atoms with Gasteiger partial charge in [-0.25, -0.2) is 4.79 Å². The summed E-state index contributed by atoms with van der Waals surface area (Å²) < 4.78 is 9.81. The van der Waals surface area contributed by atoms with Gasteiger partial charge in [-0.1, -0.05) is 6.07 Å². The summed E-state index contributed by atoms with van der Waals surface area (Å²) in [7, 11) is 1.30. The first-order valence-corrected chi connectivity index (χ1v) is 8.47. The second-order valence-corrected chi connectivity index (χ2v) is 5.87. The number of nitrogens with one attached hydrogen (secondary N) is 2. The van der Waals surface area contributed by atoms with E-state index < -0.39 is 5.97 Å². The molecule has 3 rings (SSSR count). The van der Waals surface area contributed by atoms with Gasteiger partial charge in [-0.15, -0.1) is 0 Å². The van der Waals surface area contributed by atoms with Gasteiger partial charge in [-0.3, -0.25) is 9.59 Å². The van der Waals surface area contributed by atoms with E-state index in [0.717, 1.165) is 0 Å². The molecule has 2 aromatic carbocycles. The maximum atomic E-state index is 12.5. The molecule has 0 saturated heterocycles. The van der Waals surface area contributed by atoms with Crippen molar-refractivity contribution in [2.45, 2.75) is 6.54 Å². The molecule has 7 nitrogen and oxygen atoms in total. The monoisotopic (exact) mass is 378 g/mol. The molecular weight excluding hydrogens is 360 g/mol. The summed E-state index contributed by atoms with van der Waals surface area (Å²) in [4.78, 5) is 36.2. The van der Waals surface area contributed by atoms with E-state index in [9.17, 15) is 14.4 Å². The topological polar surface area (TPSA) is 97.6 Å². The van der Waals surface area contributed by atoms with Crippen molar-refractivity contribution in [3.05, 3.63) is 89.4 Å². The van der Waals surface area contributed by atoms with E-state index in [1.54, 1.807) is 54.6 Å². The Morgan fingerprint density at radius 3 is 2.25 bits per heavy atom. The van der Waals surface area contributed by atoms with E-state index in [1.807, 2.05) is 0 Å². The Labute approximate surface area is 161 Å². The SMILES string of the molecule is COC(=O)c1ccc(NC(=O)c2cccc(C(=O)NCc3ccco3)c2)cc1. The quantitative estimate of drug-likeness (QED) is 0.642. The second-order valence-electron chi connectivity index (χ2n) is 5.87. The number of hydrogen-bond acceptors (Lipinski definition) is 5. The number of amides is 2. The van der Waals surface area contributed by atoms with Crippen LogP contribution >= 0.6 is 0 Å². The van der Waals surface area contributed by atoms with Gasteiger partial charge in [0.1, 0.15) is 5.76 Å². The highest BCUT2D eigenvalue weighted by Crippen LogP contribution is 2.13. The van der Waals surface area contributed by atoms with Crippen LogP contribution in [0.25, 0.3) is 0 Å². The van der Waals surface area contributed by atoms with E-state index >= 15 is 0 Å². The molecule has 28 heavy (non-hydrogen) atoms. The lowest BCUT2D eigenvalue weighted by Gasteiger charge is -2.08. The molecular formula is C21H18N2O5. The van der Waals surface area contributed by atoms with Gasteiger partial charge >= 0.3 is 5.97 Å². The molecule has 0 unspecified atom stereocenters. The van der Waals surface area contributed by atoms with Crippen LogP contribution in [0.3, 0.4) is 0 Å². The van der Waals surface area contributed by atoms with Crippen LogP contribution in [0.2, 0.25) is 0 Å². The van der Waals surface area contributed by atoms with E-state index in [0.29, 0.717) is 28.1 Å². The molecule has 3 aromatic rings. The van der Waals surface area contributed by atoms with Crippen LogP contribution in [-0.4, -0.2) is 24.9 Å². The molecule has 142 valence electrons. The molecule has 2 amide bonds. The molecule has 0 spiro atoms. The van der Waals surface area contributed by atoms with Crippen LogP contribution in [0.4, 0.5) is 5.69 Å². The highest BCUT2D eigenvalue weighted by atomic mass is 16.5. The number of esters is 1. The van der Waals surface area contributed by atoms with Gasteiger partial charge < -0.3 is 19.8 Å². The fourth-order valence-corrected chi connectivity index (χ4v) is 2.50. The minimum absolute atomic E-state index is 0.259. The number of carbonyl (C=O) groups is 3. The number of rotatable bonds is 6. The Hall–Kier alpha value is -3.87. The number of benzene rings is 2. The molecule has 0 aliphatic heterocycles. The minimum atomic E-state index is -0.453. The number of methoxy groups -OCH3 is 1. The predicted molar refractivity (Wildman–Crippen MR) is 102 cm³/mol. The molecule has 0 aliphatic carbocycles. The van der Waals surface area contributed by atoms with E-state index in [-0.39, 0.29) is 18.4 Å². The lowest BCUT2D eigenvalue weighted by Crippen LogP contribution is -2.23. The first-order valence-electron chi connectivity index (χ1n) is 8.47. The lowest BCUT2D eigenvalue weighted by molar-refractivity contribution is 0.0600. The van der Waals surface area contributed by atoms with Crippen LogP contribution in [-0.2, 0) is 11.3 Å². The number of ether oxygens (including phenoxy) is 1. The lowest BCUT2D eigenvalue weighted by atomic mass is 10.1. The fraction of sp³-hybridized carbons (Fsp3) is 0.0952. The Bertz CT molecular complexity index is 978.